The molecule has 0 atom stereocenters. The molecule has 0 amide bonds. The number of thiol groups is 2. The summed E-state index contributed by atoms with van der Waals surface area (Å²) in [4.78, 5) is 0. The minimum atomic E-state index is 0.731. The predicted molar refractivity (Wildman–Crippen MR) is 96.9 cm³/mol. The van der Waals surface area contributed by atoms with Gasteiger partial charge in [0.05, 0.1) is 0 Å². The van der Waals surface area contributed by atoms with Gasteiger partial charge >= 0.3 is 0 Å². The summed E-state index contributed by atoms with van der Waals surface area (Å²) in [5.41, 5.74) is 0. The Labute approximate surface area is 133 Å². The first kappa shape index (κ1) is 19.7. The van der Waals surface area contributed by atoms with Crippen LogP contribution in [0.1, 0.15) is 90.4 Å². The molecule has 0 spiro atoms. The van der Waals surface area contributed by atoms with E-state index in [0.29, 0.717) is 0 Å². The van der Waals surface area contributed by atoms with Crippen molar-refractivity contribution < 1.29 is 0 Å². The van der Waals surface area contributed by atoms with Crippen LogP contribution in [0, 0.1) is 5.92 Å². The van der Waals surface area contributed by atoms with Gasteiger partial charge in [0.25, 0.3) is 0 Å². The summed E-state index contributed by atoms with van der Waals surface area (Å²) >= 11 is 8.72. The summed E-state index contributed by atoms with van der Waals surface area (Å²) in [6.45, 7) is 2.29. The molecule has 0 aromatic carbocycles. The molecule has 0 aromatic rings. The first-order valence-corrected chi connectivity index (χ1v) is 9.83. The Morgan fingerprint density at radius 3 is 1.32 bits per heavy atom. The summed E-state index contributed by atoms with van der Waals surface area (Å²) in [6.07, 6.45) is 18.5. The number of hydrogen-bond donors (Lipinski definition) is 2. The molecule has 0 saturated heterocycles. The summed E-state index contributed by atoms with van der Waals surface area (Å²) in [5, 5.41) is 0. The van der Waals surface area contributed by atoms with E-state index in [1.54, 1.807) is 0 Å². The summed E-state index contributed by atoms with van der Waals surface area (Å²) in [5.74, 6) is 2.73. The summed E-state index contributed by atoms with van der Waals surface area (Å²) < 4.78 is 0. The van der Waals surface area contributed by atoms with Gasteiger partial charge < -0.3 is 0 Å². The molecule has 116 valence electrons. The van der Waals surface area contributed by atoms with E-state index in [1.165, 1.54) is 83.5 Å². The topological polar surface area (TPSA) is 0 Å². The van der Waals surface area contributed by atoms with E-state index in [-0.39, 0.29) is 0 Å². The average molecular weight is 305 g/mol. The third kappa shape index (κ3) is 14.9. The molecular weight excluding hydrogens is 268 g/mol. The van der Waals surface area contributed by atoms with Crippen LogP contribution in [0.4, 0.5) is 0 Å². The molecule has 0 aliphatic carbocycles. The highest BCUT2D eigenvalue weighted by Gasteiger charge is 2.03. The van der Waals surface area contributed by atoms with Crippen molar-refractivity contribution in [2.45, 2.75) is 90.4 Å². The van der Waals surface area contributed by atoms with Gasteiger partial charge in [-0.25, -0.2) is 0 Å². The Kier molecular flexibility index (Phi) is 17.4. The Morgan fingerprint density at radius 1 is 0.579 bits per heavy atom. The van der Waals surface area contributed by atoms with E-state index in [0.717, 1.165) is 17.4 Å². The monoisotopic (exact) mass is 304 g/mol. The van der Waals surface area contributed by atoms with Crippen molar-refractivity contribution >= 4 is 25.3 Å². The van der Waals surface area contributed by atoms with Gasteiger partial charge in [-0.3, -0.25) is 0 Å². The zero-order chi connectivity index (χ0) is 14.2. The molecular formula is C17H36S2. The van der Waals surface area contributed by atoms with Crippen LogP contribution in [0.3, 0.4) is 0 Å². The van der Waals surface area contributed by atoms with Crippen LogP contribution in [0.5, 0.6) is 0 Å². The predicted octanol–water partition coefficient (Wildman–Crippen LogP) is 6.55. The molecule has 0 N–H and O–H groups in total. The van der Waals surface area contributed by atoms with Crippen molar-refractivity contribution in [3.63, 3.8) is 0 Å². The highest BCUT2D eigenvalue weighted by molar-refractivity contribution is 7.81. The third-order valence-corrected chi connectivity index (χ3v) is 5.02. The molecule has 0 nitrogen and oxygen atoms in total. The largest absolute Gasteiger partial charge is 0.179 e. The van der Waals surface area contributed by atoms with Gasteiger partial charge in [-0.05, 0) is 23.8 Å². The van der Waals surface area contributed by atoms with Gasteiger partial charge in [-0.2, -0.15) is 25.3 Å². The minimum absolute atomic E-state index is 0.731. The maximum atomic E-state index is 4.36. The van der Waals surface area contributed by atoms with Crippen LogP contribution in [0.2, 0.25) is 0 Å². The van der Waals surface area contributed by atoms with Gasteiger partial charge in [0.2, 0.25) is 0 Å². The molecule has 0 unspecified atom stereocenters. The zero-order valence-electron chi connectivity index (χ0n) is 13.1. The highest BCUT2D eigenvalue weighted by atomic mass is 32.1. The van der Waals surface area contributed by atoms with Crippen molar-refractivity contribution in [2.75, 3.05) is 11.5 Å². The molecule has 19 heavy (non-hydrogen) atoms. The molecule has 0 saturated carbocycles. The molecule has 0 radical (unpaired) electrons. The molecule has 0 heterocycles. The molecule has 0 aromatic heterocycles. The Morgan fingerprint density at radius 2 is 0.947 bits per heavy atom. The van der Waals surface area contributed by atoms with Crippen LogP contribution < -0.4 is 0 Å². The van der Waals surface area contributed by atoms with E-state index < -0.39 is 0 Å². The average Bonchev–Trinajstić information content (AvgIpc) is 2.44. The Bertz CT molecular complexity index is 155. The van der Waals surface area contributed by atoms with Gasteiger partial charge in [-0.15, -0.1) is 0 Å². The molecule has 0 bridgehead atoms. The lowest BCUT2D eigenvalue weighted by Gasteiger charge is -2.10. The van der Waals surface area contributed by atoms with Crippen molar-refractivity contribution in [1.82, 2.24) is 0 Å². The second-order valence-electron chi connectivity index (χ2n) is 5.91. The van der Waals surface area contributed by atoms with Crippen LogP contribution in [0.25, 0.3) is 0 Å². The van der Waals surface area contributed by atoms with Gasteiger partial charge in [0.15, 0.2) is 0 Å². The quantitative estimate of drug-likeness (QED) is 0.248. The summed E-state index contributed by atoms with van der Waals surface area (Å²) in [6, 6.07) is 0. The molecule has 0 aliphatic rings. The highest BCUT2D eigenvalue weighted by Crippen LogP contribution is 2.15. The molecule has 0 fully saturated rings. The smallest absolute Gasteiger partial charge is 0.00617 e. The molecule has 0 aliphatic heterocycles. The first-order chi connectivity index (χ1) is 9.35. The lowest BCUT2D eigenvalue weighted by Crippen LogP contribution is -2.03. The van der Waals surface area contributed by atoms with Crippen molar-refractivity contribution in [2.24, 2.45) is 5.92 Å². The van der Waals surface area contributed by atoms with Crippen molar-refractivity contribution in [3.05, 3.63) is 0 Å². The van der Waals surface area contributed by atoms with Crippen LogP contribution in [0.15, 0.2) is 0 Å². The standard InChI is InChI=1S/C17H36S2/c1-2-3-4-5-6-7-8-9-10-11-12-13-14-17(15-18)16-19/h17-19H,2-16H2,1H3. The lowest BCUT2D eigenvalue weighted by molar-refractivity contribution is 0.511. The van der Waals surface area contributed by atoms with E-state index in [9.17, 15) is 0 Å². The van der Waals surface area contributed by atoms with Crippen LogP contribution in [-0.2, 0) is 0 Å². The number of unbranched alkanes of at least 4 members (excludes halogenated alkanes) is 11. The fourth-order valence-electron chi connectivity index (χ4n) is 2.51. The van der Waals surface area contributed by atoms with E-state index in [1.807, 2.05) is 0 Å². The van der Waals surface area contributed by atoms with Crippen LogP contribution in [-0.4, -0.2) is 11.5 Å². The summed E-state index contributed by atoms with van der Waals surface area (Å²) in [7, 11) is 0. The lowest BCUT2D eigenvalue weighted by atomic mass is 10.0. The third-order valence-electron chi connectivity index (χ3n) is 3.98. The maximum Gasteiger partial charge on any atom is -0.00617 e. The minimum Gasteiger partial charge on any atom is -0.179 e. The van der Waals surface area contributed by atoms with Gasteiger partial charge in [-0.1, -0.05) is 84.0 Å². The van der Waals surface area contributed by atoms with Gasteiger partial charge in [0, 0.05) is 0 Å². The number of rotatable bonds is 15. The fraction of sp³-hybridized carbons (Fsp3) is 1.00. The van der Waals surface area contributed by atoms with Crippen LogP contribution >= 0.6 is 25.3 Å². The number of hydrogen-bond acceptors (Lipinski definition) is 2. The van der Waals surface area contributed by atoms with E-state index in [2.05, 4.69) is 32.2 Å². The Balaban J connectivity index is 3.02. The van der Waals surface area contributed by atoms with Crippen molar-refractivity contribution in [3.8, 4) is 0 Å². The van der Waals surface area contributed by atoms with E-state index in [4.69, 9.17) is 0 Å². The first-order valence-electron chi connectivity index (χ1n) is 8.56. The molecule has 2 heteroatoms. The van der Waals surface area contributed by atoms with E-state index >= 15 is 0 Å². The van der Waals surface area contributed by atoms with Crippen molar-refractivity contribution in [1.29, 1.82) is 0 Å². The zero-order valence-corrected chi connectivity index (χ0v) is 14.9. The fourth-order valence-corrected chi connectivity index (χ4v) is 3.34. The SMILES string of the molecule is CCCCCCCCCCCCCCC(CS)CS. The molecule has 0 rings (SSSR count). The second-order valence-corrected chi connectivity index (χ2v) is 6.64. The maximum absolute atomic E-state index is 4.36. The van der Waals surface area contributed by atoms with Gasteiger partial charge in [0.1, 0.15) is 0 Å². The second kappa shape index (κ2) is 16.8. The Hall–Kier alpha value is 0.700. The normalized spacial score (nSPS) is 11.4.